The highest BCUT2D eigenvalue weighted by molar-refractivity contribution is 7.93. The summed E-state index contributed by atoms with van der Waals surface area (Å²) < 4.78 is 28.0. The van der Waals surface area contributed by atoms with E-state index in [1.165, 1.54) is 12.2 Å². The molecule has 1 amide bonds. The van der Waals surface area contributed by atoms with Crippen LogP contribution in [0.5, 0.6) is 0 Å². The molecule has 1 aromatic rings. The number of allylic oxidation sites excluding steroid dienone is 10. The van der Waals surface area contributed by atoms with Gasteiger partial charge in [0.15, 0.2) is 0 Å². The van der Waals surface area contributed by atoms with Crippen LogP contribution in [-0.4, -0.2) is 25.2 Å². The molecule has 0 aliphatic heterocycles. The van der Waals surface area contributed by atoms with Gasteiger partial charge in [0.1, 0.15) is 6.54 Å². The molecule has 0 aliphatic carbocycles. The zero-order valence-electron chi connectivity index (χ0n) is 17.9. The van der Waals surface area contributed by atoms with Crippen LogP contribution < -0.4 is 5.32 Å². The van der Waals surface area contributed by atoms with Gasteiger partial charge in [-0.05, 0) is 58.1 Å². The molecule has 0 atom stereocenters. The molecule has 0 heterocycles. The summed E-state index contributed by atoms with van der Waals surface area (Å²) in [6.07, 6.45) is 16.8. The van der Waals surface area contributed by atoms with Crippen molar-refractivity contribution in [2.45, 2.75) is 27.7 Å². The van der Waals surface area contributed by atoms with E-state index in [4.69, 9.17) is 0 Å². The molecule has 0 bridgehead atoms. The van der Waals surface area contributed by atoms with Gasteiger partial charge in [-0.1, -0.05) is 60.7 Å². The smallest absolute Gasteiger partial charge is 0.264 e. The minimum atomic E-state index is -3.98. The van der Waals surface area contributed by atoms with Crippen molar-refractivity contribution in [3.05, 3.63) is 102 Å². The molecule has 1 aromatic carbocycles. The Morgan fingerprint density at radius 3 is 2.17 bits per heavy atom. The average molecular weight is 427 g/mol. The molecule has 0 spiro atoms. The normalized spacial score (nSPS) is 13.7. The fourth-order valence-electron chi connectivity index (χ4n) is 2.47. The van der Waals surface area contributed by atoms with Gasteiger partial charge in [-0.25, -0.2) is 8.42 Å². The molecule has 6 heteroatoms. The molecule has 1 rings (SSSR count). The van der Waals surface area contributed by atoms with E-state index < -0.39 is 15.9 Å². The Kier molecular flexibility index (Phi) is 10.9. The average Bonchev–Trinajstić information content (AvgIpc) is 2.73. The number of sulfonamides is 1. The SMILES string of the molecule is C\C=C/C=C\C(=C/C)N(CC(=O)Nc1ccccc1)S(=O)(=O)C(/C=C\C)=C/C=C\C. The lowest BCUT2D eigenvalue weighted by Crippen LogP contribution is -2.37. The number of para-hydroxylation sites is 1. The Labute approximate surface area is 180 Å². The third-order valence-corrected chi connectivity index (χ3v) is 5.66. The van der Waals surface area contributed by atoms with E-state index in [1.807, 2.05) is 19.1 Å². The van der Waals surface area contributed by atoms with E-state index in [0.29, 0.717) is 11.4 Å². The van der Waals surface area contributed by atoms with Crippen molar-refractivity contribution in [1.82, 2.24) is 4.31 Å². The lowest BCUT2D eigenvalue weighted by Gasteiger charge is -2.25. The molecular weight excluding hydrogens is 396 g/mol. The zero-order valence-corrected chi connectivity index (χ0v) is 18.8. The van der Waals surface area contributed by atoms with Gasteiger partial charge in [-0.3, -0.25) is 9.10 Å². The number of nitrogens with one attached hydrogen (secondary N) is 1. The Hall–Kier alpha value is -3.12. The maximum Gasteiger partial charge on any atom is 0.264 e. The van der Waals surface area contributed by atoms with Gasteiger partial charge in [-0.2, -0.15) is 0 Å². The molecule has 0 unspecified atom stereocenters. The monoisotopic (exact) mass is 426 g/mol. The standard InChI is InChI=1S/C24H30N2O3S/c1-5-9-12-18-22(8-4)26(20-24(27)25-21-16-13-11-14-17-21)30(28,29)23(15-7-3)19-10-6-2/h5-19H,20H2,1-4H3,(H,25,27)/b9-5-,10-6-,15-7-,18-12-,22-8+,23-19+. The van der Waals surface area contributed by atoms with Crippen LogP contribution in [0.2, 0.25) is 0 Å². The van der Waals surface area contributed by atoms with E-state index >= 15 is 0 Å². The van der Waals surface area contributed by atoms with Gasteiger partial charge in [0.25, 0.3) is 10.0 Å². The first kappa shape index (κ1) is 24.9. The van der Waals surface area contributed by atoms with E-state index in [2.05, 4.69) is 5.32 Å². The van der Waals surface area contributed by atoms with Gasteiger partial charge in [-0.15, -0.1) is 0 Å². The van der Waals surface area contributed by atoms with Crippen LogP contribution in [0.3, 0.4) is 0 Å². The molecule has 30 heavy (non-hydrogen) atoms. The van der Waals surface area contributed by atoms with Gasteiger partial charge >= 0.3 is 0 Å². The first-order valence-corrected chi connectivity index (χ1v) is 11.1. The van der Waals surface area contributed by atoms with Crippen molar-refractivity contribution in [1.29, 1.82) is 0 Å². The van der Waals surface area contributed by atoms with Crippen molar-refractivity contribution >= 4 is 21.6 Å². The highest BCUT2D eigenvalue weighted by Crippen LogP contribution is 2.22. The van der Waals surface area contributed by atoms with Crippen molar-refractivity contribution < 1.29 is 13.2 Å². The highest BCUT2D eigenvalue weighted by Gasteiger charge is 2.28. The summed E-state index contributed by atoms with van der Waals surface area (Å²) in [7, 11) is -3.98. The number of anilines is 1. The number of benzene rings is 1. The van der Waals surface area contributed by atoms with Crippen molar-refractivity contribution in [3.8, 4) is 0 Å². The summed E-state index contributed by atoms with van der Waals surface area (Å²) in [5.74, 6) is -0.436. The van der Waals surface area contributed by atoms with Crippen LogP contribution in [0.1, 0.15) is 27.7 Å². The first-order chi connectivity index (χ1) is 14.4. The van der Waals surface area contributed by atoms with Crippen molar-refractivity contribution in [3.63, 3.8) is 0 Å². The second-order valence-electron chi connectivity index (χ2n) is 6.12. The molecule has 0 aliphatic rings. The molecule has 0 saturated heterocycles. The van der Waals surface area contributed by atoms with Gasteiger partial charge in [0.2, 0.25) is 5.91 Å². The zero-order chi connectivity index (χ0) is 22.4. The molecular formula is C24H30N2O3S. The number of carbonyl (C=O) groups is 1. The number of hydrogen-bond acceptors (Lipinski definition) is 3. The van der Waals surface area contributed by atoms with Gasteiger partial charge < -0.3 is 5.32 Å². The van der Waals surface area contributed by atoms with E-state index in [0.717, 1.165) is 4.31 Å². The third kappa shape index (κ3) is 7.72. The molecule has 0 radical (unpaired) electrons. The summed E-state index contributed by atoms with van der Waals surface area (Å²) in [5.41, 5.74) is 0.997. The molecule has 0 saturated carbocycles. The molecule has 0 aromatic heterocycles. The maximum absolute atomic E-state index is 13.4. The van der Waals surface area contributed by atoms with E-state index in [-0.39, 0.29) is 11.4 Å². The van der Waals surface area contributed by atoms with Crippen molar-refractivity contribution in [2.75, 3.05) is 11.9 Å². The first-order valence-electron chi connectivity index (χ1n) is 9.69. The van der Waals surface area contributed by atoms with Crippen LogP contribution >= 0.6 is 0 Å². The maximum atomic E-state index is 13.4. The van der Waals surface area contributed by atoms with Crippen LogP contribution in [0, 0.1) is 0 Å². The van der Waals surface area contributed by atoms with Crippen molar-refractivity contribution in [2.24, 2.45) is 0 Å². The Morgan fingerprint density at radius 1 is 0.933 bits per heavy atom. The lowest BCUT2D eigenvalue weighted by atomic mass is 10.3. The van der Waals surface area contributed by atoms with E-state index in [9.17, 15) is 13.2 Å². The summed E-state index contributed by atoms with van der Waals surface area (Å²) in [6.45, 7) is 6.79. The Morgan fingerprint density at radius 2 is 1.60 bits per heavy atom. The number of carbonyl (C=O) groups excluding carboxylic acids is 1. The number of nitrogens with zero attached hydrogens (tertiary/aromatic N) is 1. The highest BCUT2D eigenvalue weighted by atomic mass is 32.2. The predicted octanol–water partition coefficient (Wildman–Crippen LogP) is 5.33. The summed E-state index contributed by atoms with van der Waals surface area (Å²) >= 11 is 0. The Bertz CT molecular complexity index is 967. The van der Waals surface area contributed by atoms with Crippen LogP contribution in [0.15, 0.2) is 102 Å². The molecule has 1 N–H and O–H groups in total. The second-order valence-corrected chi connectivity index (χ2v) is 7.98. The van der Waals surface area contributed by atoms with Crippen LogP contribution in [0.4, 0.5) is 5.69 Å². The predicted molar refractivity (Wildman–Crippen MR) is 126 cm³/mol. The summed E-state index contributed by atoms with van der Waals surface area (Å²) in [5, 5.41) is 2.74. The number of hydrogen-bond donors (Lipinski definition) is 1. The van der Waals surface area contributed by atoms with Gasteiger partial charge in [0.05, 0.1) is 4.91 Å². The number of amides is 1. The lowest BCUT2D eigenvalue weighted by molar-refractivity contribution is -0.116. The largest absolute Gasteiger partial charge is 0.325 e. The van der Waals surface area contributed by atoms with E-state index in [1.54, 1.807) is 87.6 Å². The quantitative estimate of drug-likeness (QED) is 0.514. The fraction of sp³-hybridized carbons (Fsp3) is 0.208. The molecule has 0 fully saturated rings. The van der Waals surface area contributed by atoms with Crippen LogP contribution in [0.25, 0.3) is 0 Å². The Balaban J connectivity index is 3.39. The molecule has 160 valence electrons. The fourth-order valence-corrected chi connectivity index (χ4v) is 4.01. The molecule has 5 nitrogen and oxygen atoms in total. The summed E-state index contributed by atoms with van der Waals surface area (Å²) in [4.78, 5) is 12.8. The third-order valence-electron chi connectivity index (χ3n) is 3.87. The minimum Gasteiger partial charge on any atom is -0.325 e. The topological polar surface area (TPSA) is 66.5 Å². The van der Waals surface area contributed by atoms with Gasteiger partial charge in [0, 0.05) is 11.4 Å². The summed E-state index contributed by atoms with van der Waals surface area (Å²) in [6, 6.07) is 8.93. The number of rotatable bonds is 10. The minimum absolute atomic E-state index is 0.0920. The second kappa shape index (κ2) is 13.2. The van der Waals surface area contributed by atoms with Crippen LogP contribution in [-0.2, 0) is 14.8 Å².